The summed E-state index contributed by atoms with van der Waals surface area (Å²) in [6.45, 7) is 0.325. The van der Waals surface area contributed by atoms with Gasteiger partial charge in [0.25, 0.3) is 5.91 Å². The first-order valence-corrected chi connectivity index (χ1v) is 9.86. The van der Waals surface area contributed by atoms with Gasteiger partial charge in [-0.25, -0.2) is 9.97 Å². The molecule has 0 fully saturated rings. The number of carbonyl (C=O) groups excluding carboxylic acids is 1. The highest BCUT2D eigenvalue weighted by Crippen LogP contribution is 2.25. The fourth-order valence-corrected chi connectivity index (χ4v) is 3.81. The van der Waals surface area contributed by atoms with E-state index in [0.717, 1.165) is 27.6 Å². The molecule has 0 aliphatic rings. The number of nitrogens with zero attached hydrogens (tertiary/aromatic N) is 3. The van der Waals surface area contributed by atoms with Crippen LogP contribution in [0.1, 0.15) is 15.5 Å². The number of pyridine rings is 1. The van der Waals surface area contributed by atoms with Crippen molar-refractivity contribution in [1.82, 2.24) is 25.3 Å². The number of benzene rings is 2. The molecule has 7 nitrogen and oxygen atoms in total. The van der Waals surface area contributed by atoms with Crippen LogP contribution in [0.15, 0.2) is 67.0 Å². The number of aromatic nitrogens is 4. The van der Waals surface area contributed by atoms with Crippen molar-refractivity contribution in [3.8, 4) is 0 Å². The molecule has 1 amide bonds. The summed E-state index contributed by atoms with van der Waals surface area (Å²) in [6.07, 6.45) is 3.34. The molecule has 29 heavy (non-hydrogen) atoms. The molecule has 0 spiro atoms. The Kier molecular flexibility index (Phi) is 4.38. The number of rotatable bonds is 5. The predicted octanol–water partition coefficient (Wildman–Crippen LogP) is 4.24. The number of aromatic amines is 1. The van der Waals surface area contributed by atoms with E-state index in [-0.39, 0.29) is 5.91 Å². The fourth-order valence-electron chi connectivity index (χ4n) is 3.05. The van der Waals surface area contributed by atoms with Crippen LogP contribution in [0.25, 0.3) is 21.9 Å². The van der Waals surface area contributed by atoms with E-state index in [1.165, 1.54) is 11.3 Å². The molecular weight excluding hydrogens is 384 g/mol. The molecule has 0 aliphatic carbocycles. The van der Waals surface area contributed by atoms with Crippen molar-refractivity contribution in [1.29, 1.82) is 0 Å². The molecule has 0 bridgehead atoms. The molecule has 3 heterocycles. The van der Waals surface area contributed by atoms with Crippen molar-refractivity contribution in [2.75, 3.05) is 5.32 Å². The van der Waals surface area contributed by atoms with Crippen LogP contribution in [0.5, 0.6) is 0 Å². The lowest BCUT2D eigenvalue weighted by molar-refractivity contribution is 0.0954. The normalized spacial score (nSPS) is 11.0. The lowest BCUT2D eigenvalue weighted by Gasteiger charge is -2.04. The van der Waals surface area contributed by atoms with Gasteiger partial charge in [0.1, 0.15) is 10.7 Å². The second kappa shape index (κ2) is 7.33. The smallest absolute Gasteiger partial charge is 0.263 e. The van der Waals surface area contributed by atoms with Crippen LogP contribution >= 0.6 is 11.3 Å². The first-order chi connectivity index (χ1) is 14.2. The lowest BCUT2D eigenvalue weighted by atomic mass is 10.2. The summed E-state index contributed by atoms with van der Waals surface area (Å²) in [6, 6.07) is 17.6. The number of nitrogens with one attached hydrogen (secondary N) is 3. The Morgan fingerprint density at radius 2 is 1.97 bits per heavy atom. The van der Waals surface area contributed by atoms with Crippen molar-refractivity contribution < 1.29 is 4.79 Å². The SMILES string of the molecule is O=C(NCc1nc2ccccc2[nH]1)c1cnc(Nc2ccc3ncccc3c2)s1. The standard InChI is InChI=1S/C21H16N6OS/c28-20(23-12-19-26-16-5-1-2-6-17(16)27-19)18-11-24-21(29-18)25-14-7-8-15-13(10-14)4-3-9-22-15/h1-11H,12H2,(H,23,28)(H,24,25)(H,26,27). The molecule has 8 heteroatoms. The van der Waals surface area contributed by atoms with Crippen LogP contribution in [-0.4, -0.2) is 25.8 Å². The number of amides is 1. The van der Waals surface area contributed by atoms with Gasteiger partial charge in [0.2, 0.25) is 0 Å². The molecule has 0 radical (unpaired) electrons. The average molecular weight is 400 g/mol. The Bertz CT molecular complexity index is 1290. The number of carbonyl (C=O) groups is 1. The van der Waals surface area contributed by atoms with Crippen LogP contribution in [0.2, 0.25) is 0 Å². The van der Waals surface area contributed by atoms with Gasteiger partial charge in [0, 0.05) is 17.3 Å². The maximum atomic E-state index is 12.5. The summed E-state index contributed by atoms with van der Waals surface area (Å²) in [5.74, 6) is 0.533. The minimum atomic E-state index is -0.182. The van der Waals surface area contributed by atoms with Crippen LogP contribution in [0.3, 0.4) is 0 Å². The van der Waals surface area contributed by atoms with Crippen LogP contribution in [0, 0.1) is 0 Å². The molecule has 5 rings (SSSR count). The van der Waals surface area contributed by atoms with Gasteiger partial charge in [-0.1, -0.05) is 29.5 Å². The molecule has 0 atom stereocenters. The summed E-state index contributed by atoms with van der Waals surface area (Å²) in [5, 5.41) is 7.82. The molecular formula is C21H16N6OS. The van der Waals surface area contributed by atoms with Gasteiger partial charge >= 0.3 is 0 Å². The number of thiazole rings is 1. The average Bonchev–Trinajstić information content (AvgIpc) is 3.38. The molecule has 3 aromatic heterocycles. The minimum Gasteiger partial charge on any atom is -0.344 e. The zero-order valence-electron chi connectivity index (χ0n) is 15.2. The number of para-hydroxylation sites is 2. The largest absolute Gasteiger partial charge is 0.344 e. The number of anilines is 2. The first kappa shape index (κ1) is 17.3. The van der Waals surface area contributed by atoms with E-state index in [4.69, 9.17) is 0 Å². The number of hydrogen-bond acceptors (Lipinski definition) is 6. The Morgan fingerprint density at radius 3 is 2.90 bits per heavy atom. The molecule has 0 unspecified atom stereocenters. The van der Waals surface area contributed by atoms with Crippen molar-refractivity contribution in [2.24, 2.45) is 0 Å². The molecule has 142 valence electrons. The van der Waals surface area contributed by atoms with Crippen LogP contribution < -0.4 is 10.6 Å². The third-order valence-corrected chi connectivity index (χ3v) is 5.35. The maximum Gasteiger partial charge on any atom is 0.263 e. The van der Waals surface area contributed by atoms with Gasteiger partial charge in [-0.2, -0.15) is 0 Å². The Hall–Kier alpha value is -3.78. The number of imidazole rings is 1. The second-order valence-electron chi connectivity index (χ2n) is 6.45. The summed E-state index contributed by atoms with van der Waals surface area (Å²) in [7, 11) is 0. The number of hydrogen-bond donors (Lipinski definition) is 3. The molecule has 0 saturated heterocycles. The van der Waals surface area contributed by atoms with Gasteiger partial charge < -0.3 is 15.6 Å². The maximum absolute atomic E-state index is 12.5. The topological polar surface area (TPSA) is 95.6 Å². The van der Waals surface area contributed by atoms with E-state index in [1.54, 1.807) is 12.4 Å². The van der Waals surface area contributed by atoms with Gasteiger partial charge in [-0.15, -0.1) is 0 Å². The number of fused-ring (bicyclic) bond motifs is 2. The second-order valence-corrected chi connectivity index (χ2v) is 7.48. The summed E-state index contributed by atoms with van der Waals surface area (Å²) in [5.41, 5.74) is 3.66. The van der Waals surface area contributed by atoms with E-state index in [0.29, 0.717) is 22.4 Å². The summed E-state index contributed by atoms with van der Waals surface area (Å²) < 4.78 is 0. The van der Waals surface area contributed by atoms with Crippen LogP contribution in [-0.2, 0) is 6.54 Å². The first-order valence-electron chi connectivity index (χ1n) is 9.04. The summed E-state index contributed by atoms with van der Waals surface area (Å²) in [4.78, 5) is 29.3. The van der Waals surface area contributed by atoms with Crippen molar-refractivity contribution in [2.45, 2.75) is 6.54 Å². The Morgan fingerprint density at radius 1 is 1.03 bits per heavy atom. The molecule has 0 aliphatic heterocycles. The number of H-pyrrole nitrogens is 1. The third-order valence-electron chi connectivity index (χ3n) is 4.44. The molecule has 0 saturated carbocycles. The van der Waals surface area contributed by atoms with Gasteiger partial charge in [0.15, 0.2) is 5.13 Å². The van der Waals surface area contributed by atoms with Gasteiger partial charge in [-0.05, 0) is 36.4 Å². The van der Waals surface area contributed by atoms with Crippen molar-refractivity contribution in [3.63, 3.8) is 0 Å². The summed E-state index contributed by atoms with van der Waals surface area (Å²) >= 11 is 1.30. The van der Waals surface area contributed by atoms with E-state index in [1.807, 2.05) is 54.6 Å². The quantitative estimate of drug-likeness (QED) is 0.410. The zero-order valence-corrected chi connectivity index (χ0v) is 16.0. The molecule has 5 aromatic rings. The highest BCUT2D eigenvalue weighted by Gasteiger charge is 2.12. The third kappa shape index (κ3) is 3.65. The zero-order chi connectivity index (χ0) is 19.6. The van der Waals surface area contributed by atoms with E-state index < -0.39 is 0 Å². The fraction of sp³-hybridized carbons (Fsp3) is 0.0476. The monoisotopic (exact) mass is 400 g/mol. The van der Waals surface area contributed by atoms with E-state index in [2.05, 4.69) is 30.6 Å². The Labute approximate surface area is 169 Å². The highest BCUT2D eigenvalue weighted by molar-refractivity contribution is 7.17. The molecule has 2 aromatic carbocycles. The Balaban J connectivity index is 1.25. The highest BCUT2D eigenvalue weighted by atomic mass is 32.1. The minimum absolute atomic E-state index is 0.182. The van der Waals surface area contributed by atoms with E-state index in [9.17, 15) is 4.79 Å². The van der Waals surface area contributed by atoms with E-state index >= 15 is 0 Å². The van der Waals surface area contributed by atoms with Crippen LogP contribution in [0.4, 0.5) is 10.8 Å². The predicted molar refractivity (Wildman–Crippen MR) is 114 cm³/mol. The van der Waals surface area contributed by atoms with Gasteiger partial charge in [-0.3, -0.25) is 9.78 Å². The van der Waals surface area contributed by atoms with Crippen molar-refractivity contribution in [3.05, 3.63) is 77.7 Å². The van der Waals surface area contributed by atoms with Crippen molar-refractivity contribution >= 4 is 50.0 Å². The molecule has 3 N–H and O–H groups in total. The van der Waals surface area contributed by atoms with Gasteiger partial charge in [0.05, 0.1) is 29.3 Å². The lowest BCUT2D eigenvalue weighted by Crippen LogP contribution is -2.22.